The van der Waals surface area contributed by atoms with Crippen molar-refractivity contribution in [2.24, 2.45) is 0 Å². The zero-order valence-corrected chi connectivity index (χ0v) is 17.0. The number of carbonyl (C=O) groups excluding carboxylic acids is 1. The largest absolute Gasteiger partial charge is 0.314 e. The quantitative estimate of drug-likeness (QED) is 0.426. The molecular formula is C23H17F2NO3S. The van der Waals surface area contributed by atoms with Gasteiger partial charge in [0.2, 0.25) is 15.6 Å². The molecule has 0 radical (unpaired) electrons. The highest BCUT2D eigenvalue weighted by Gasteiger charge is 2.37. The lowest BCUT2D eigenvalue weighted by Gasteiger charge is -2.29. The minimum Gasteiger partial charge on any atom is -0.314 e. The summed E-state index contributed by atoms with van der Waals surface area (Å²) in [6, 6.07) is 13.7. The molecule has 0 unspecified atom stereocenters. The fourth-order valence-electron chi connectivity index (χ4n) is 3.50. The van der Waals surface area contributed by atoms with Crippen LogP contribution in [-0.4, -0.2) is 14.2 Å². The number of allylic oxidation sites excluding steroid dienone is 1. The molecule has 0 saturated carbocycles. The molecule has 3 aromatic rings. The third kappa shape index (κ3) is 3.31. The summed E-state index contributed by atoms with van der Waals surface area (Å²) < 4.78 is 54.3. The number of rotatable bonds is 3. The molecule has 0 aliphatic carbocycles. The number of halogens is 2. The number of hydrogen-bond acceptors (Lipinski definition) is 4. The fraction of sp³-hybridized carbons (Fsp3) is 0.0870. The van der Waals surface area contributed by atoms with Gasteiger partial charge in [-0.05, 0) is 55.8 Å². The summed E-state index contributed by atoms with van der Waals surface area (Å²) in [6.07, 6.45) is 1.13. The summed E-state index contributed by atoms with van der Waals surface area (Å²) in [4.78, 5) is 13.9. The summed E-state index contributed by atoms with van der Waals surface area (Å²) in [6.45, 7) is 3.60. The molecular weight excluding hydrogens is 408 g/mol. The van der Waals surface area contributed by atoms with E-state index in [1.165, 1.54) is 23.1 Å². The van der Waals surface area contributed by atoms with Crippen LogP contribution in [0.15, 0.2) is 76.7 Å². The van der Waals surface area contributed by atoms with E-state index in [4.69, 9.17) is 0 Å². The maximum atomic E-state index is 13.9. The molecule has 0 spiro atoms. The average molecular weight is 425 g/mol. The van der Waals surface area contributed by atoms with Crippen LogP contribution in [-0.2, 0) is 9.84 Å². The highest BCUT2D eigenvalue weighted by Crippen LogP contribution is 2.41. The molecule has 0 fully saturated rings. The van der Waals surface area contributed by atoms with Gasteiger partial charge in [-0.25, -0.2) is 17.2 Å². The van der Waals surface area contributed by atoms with Crippen LogP contribution in [0.5, 0.6) is 0 Å². The van der Waals surface area contributed by atoms with E-state index in [0.717, 1.165) is 30.0 Å². The standard InChI is InChI=1S/C23H17F2NO3S/c1-14-6-8-19(15(2)10-14)23(27)22-13-26(18-5-3-4-16(24)11-18)20-12-17(25)7-9-21(20)30(22,28)29/h3-13H,1-2H3. The molecule has 0 amide bonds. The second-order valence-electron chi connectivity index (χ2n) is 7.11. The van der Waals surface area contributed by atoms with E-state index < -0.39 is 32.2 Å². The lowest BCUT2D eigenvalue weighted by Crippen LogP contribution is -2.26. The lowest BCUT2D eigenvalue weighted by molar-refractivity contribution is 0.104. The number of carbonyl (C=O) groups is 1. The molecule has 0 aromatic heterocycles. The fourth-order valence-corrected chi connectivity index (χ4v) is 5.02. The first-order valence-corrected chi connectivity index (χ1v) is 10.6. The summed E-state index contributed by atoms with van der Waals surface area (Å²) in [5.41, 5.74) is 2.10. The number of benzene rings is 3. The number of sulfone groups is 1. The molecule has 4 nitrogen and oxygen atoms in total. The Morgan fingerprint density at radius 2 is 1.63 bits per heavy atom. The minimum atomic E-state index is -4.22. The Morgan fingerprint density at radius 1 is 0.900 bits per heavy atom. The van der Waals surface area contributed by atoms with Crippen LogP contribution in [0.3, 0.4) is 0 Å². The molecule has 0 N–H and O–H groups in total. The molecule has 0 saturated heterocycles. The zero-order chi connectivity index (χ0) is 21.6. The molecule has 1 aliphatic heterocycles. The van der Waals surface area contributed by atoms with Crippen molar-refractivity contribution in [2.45, 2.75) is 18.7 Å². The van der Waals surface area contributed by atoms with E-state index in [1.807, 2.05) is 6.92 Å². The third-order valence-electron chi connectivity index (χ3n) is 4.94. The van der Waals surface area contributed by atoms with E-state index in [-0.39, 0.29) is 21.8 Å². The van der Waals surface area contributed by atoms with Gasteiger partial charge in [0.05, 0.1) is 10.6 Å². The highest BCUT2D eigenvalue weighted by molar-refractivity contribution is 7.96. The van der Waals surface area contributed by atoms with Gasteiger partial charge in [0.25, 0.3) is 0 Å². The Hall–Kier alpha value is -3.32. The van der Waals surface area contributed by atoms with Gasteiger partial charge in [-0.3, -0.25) is 4.79 Å². The van der Waals surface area contributed by atoms with Gasteiger partial charge in [-0.2, -0.15) is 0 Å². The normalized spacial score (nSPS) is 14.8. The van der Waals surface area contributed by atoms with Crippen molar-refractivity contribution in [1.29, 1.82) is 0 Å². The third-order valence-corrected chi connectivity index (χ3v) is 6.74. The van der Waals surface area contributed by atoms with Gasteiger partial charge >= 0.3 is 0 Å². The van der Waals surface area contributed by atoms with Gasteiger partial charge in [-0.15, -0.1) is 0 Å². The molecule has 0 bridgehead atoms. The van der Waals surface area contributed by atoms with E-state index in [9.17, 15) is 22.0 Å². The maximum Gasteiger partial charge on any atom is 0.214 e. The number of fused-ring (bicyclic) bond motifs is 1. The van der Waals surface area contributed by atoms with Gasteiger partial charge in [0.15, 0.2) is 0 Å². The predicted molar refractivity (Wildman–Crippen MR) is 110 cm³/mol. The number of anilines is 2. The molecule has 3 aromatic carbocycles. The van der Waals surface area contributed by atoms with E-state index >= 15 is 0 Å². The second kappa shape index (κ2) is 7.18. The van der Waals surface area contributed by atoms with Gasteiger partial charge in [0.1, 0.15) is 16.5 Å². The Balaban J connectivity index is 1.96. The summed E-state index contributed by atoms with van der Waals surface area (Å²) in [7, 11) is -4.22. The monoisotopic (exact) mass is 425 g/mol. The molecule has 152 valence electrons. The molecule has 1 aliphatic rings. The minimum absolute atomic E-state index is 0.0118. The molecule has 4 rings (SSSR count). The van der Waals surface area contributed by atoms with Crippen molar-refractivity contribution < 1.29 is 22.0 Å². The summed E-state index contributed by atoms with van der Waals surface area (Å²) in [5, 5.41) is 0. The second-order valence-corrected chi connectivity index (χ2v) is 8.99. The molecule has 1 heterocycles. The van der Waals surface area contributed by atoms with Crippen LogP contribution in [0.4, 0.5) is 20.2 Å². The number of aryl methyl sites for hydroxylation is 2. The first-order chi connectivity index (χ1) is 14.2. The van der Waals surface area contributed by atoms with Crippen molar-refractivity contribution in [2.75, 3.05) is 4.90 Å². The van der Waals surface area contributed by atoms with Crippen LogP contribution in [0, 0.1) is 25.5 Å². The van der Waals surface area contributed by atoms with Crippen LogP contribution < -0.4 is 4.90 Å². The van der Waals surface area contributed by atoms with E-state index in [1.54, 1.807) is 31.2 Å². The number of ketones is 1. The van der Waals surface area contributed by atoms with Crippen LogP contribution in [0.25, 0.3) is 0 Å². The maximum absolute atomic E-state index is 13.9. The predicted octanol–water partition coefficient (Wildman–Crippen LogP) is 5.23. The average Bonchev–Trinajstić information content (AvgIpc) is 2.67. The topological polar surface area (TPSA) is 54.5 Å². The summed E-state index contributed by atoms with van der Waals surface area (Å²) >= 11 is 0. The number of nitrogens with zero attached hydrogens (tertiary/aromatic N) is 1. The van der Waals surface area contributed by atoms with Gasteiger partial charge in [-0.1, -0.05) is 29.8 Å². The van der Waals surface area contributed by atoms with Crippen molar-refractivity contribution in [1.82, 2.24) is 0 Å². The number of Topliss-reactive ketones (excluding diaryl/α,β-unsaturated/α-hetero) is 1. The Morgan fingerprint density at radius 3 is 2.33 bits per heavy atom. The van der Waals surface area contributed by atoms with Crippen molar-refractivity contribution >= 4 is 27.0 Å². The van der Waals surface area contributed by atoms with E-state index in [0.29, 0.717) is 5.56 Å². The SMILES string of the molecule is Cc1ccc(C(=O)C2=CN(c3cccc(F)c3)c3cc(F)ccc3S2(=O)=O)c(C)c1. The Kier molecular flexibility index (Phi) is 4.78. The van der Waals surface area contributed by atoms with Gasteiger partial charge in [0, 0.05) is 17.5 Å². The number of hydrogen-bond donors (Lipinski definition) is 0. The van der Waals surface area contributed by atoms with Gasteiger partial charge < -0.3 is 4.90 Å². The molecule has 0 atom stereocenters. The van der Waals surface area contributed by atoms with Crippen molar-refractivity contribution in [3.63, 3.8) is 0 Å². The van der Waals surface area contributed by atoms with Crippen molar-refractivity contribution in [3.8, 4) is 0 Å². The van der Waals surface area contributed by atoms with Crippen molar-refractivity contribution in [3.05, 3.63) is 100 Å². The smallest absolute Gasteiger partial charge is 0.214 e. The first-order valence-electron chi connectivity index (χ1n) is 9.12. The Bertz CT molecular complexity index is 1330. The Labute approximate surface area is 173 Å². The van der Waals surface area contributed by atoms with E-state index in [2.05, 4.69) is 0 Å². The van der Waals surface area contributed by atoms with Crippen LogP contribution in [0.1, 0.15) is 21.5 Å². The highest BCUT2D eigenvalue weighted by atomic mass is 32.2. The first kappa shape index (κ1) is 20.0. The lowest BCUT2D eigenvalue weighted by atomic mass is 10.0. The molecule has 7 heteroatoms. The van der Waals surface area contributed by atoms with Crippen LogP contribution in [0.2, 0.25) is 0 Å². The molecule has 30 heavy (non-hydrogen) atoms. The van der Waals surface area contributed by atoms with Crippen LogP contribution >= 0.6 is 0 Å². The zero-order valence-electron chi connectivity index (χ0n) is 16.2. The summed E-state index contributed by atoms with van der Waals surface area (Å²) in [5.74, 6) is -1.87.